The Bertz CT molecular complexity index is 1960. The van der Waals surface area contributed by atoms with Crippen LogP contribution in [0, 0.1) is 0 Å². The van der Waals surface area contributed by atoms with Crippen LogP contribution in [0.1, 0.15) is 0 Å². The molecule has 8 rings (SSSR count). The quantitative estimate of drug-likeness (QED) is 0.221. The van der Waals surface area contributed by atoms with Crippen molar-refractivity contribution < 1.29 is 0 Å². The second-order valence-electron chi connectivity index (χ2n) is 10.3. The molecule has 0 N–H and O–H groups in total. The van der Waals surface area contributed by atoms with Crippen LogP contribution in [0.25, 0.3) is 76.8 Å². The lowest BCUT2D eigenvalue weighted by Gasteiger charge is -2.17. The fourth-order valence-electron chi connectivity index (χ4n) is 6.07. The minimum Gasteiger partial charge on any atom is -0.265 e. The zero-order chi connectivity index (χ0) is 26.5. The van der Waals surface area contributed by atoms with Gasteiger partial charge in [0.1, 0.15) is 0 Å². The summed E-state index contributed by atoms with van der Waals surface area (Å²) in [5.74, 6) is 0. The standard InChI is InChI=1S/C38H24N2/c1-2-32(24-40-21-1)26-5-9-29(10-6-26)34-16-14-31-12-11-30-13-15-33(35-17-18-36(34)38(31)37(30)35)28-7-3-25(4-8-28)27-19-22-39-23-20-27/h1-24H. The normalized spacial score (nSPS) is 11.5. The molecule has 8 aromatic rings. The number of hydrogen-bond donors (Lipinski definition) is 0. The third-order valence-electron chi connectivity index (χ3n) is 8.06. The Balaban J connectivity index is 1.27. The fraction of sp³-hybridized carbons (Fsp3) is 0. The maximum absolute atomic E-state index is 4.27. The molecular weight excluding hydrogens is 484 g/mol. The summed E-state index contributed by atoms with van der Waals surface area (Å²) in [5.41, 5.74) is 9.64. The number of pyridine rings is 2. The minimum absolute atomic E-state index is 1.13. The second-order valence-corrected chi connectivity index (χ2v) is 10.3. The molecule has 0 bridgehead atoms. The number of rotatable bonds is 4. The van der Waals surface area contributed by atoms with Gasteiger partial charge in [-0.15, -0.1) is 0 Å². The van der Waals surface area contributed by atoms with Crippen molar-refractivity contribution in [1.82, 2.24) is 9.97 Å². The van der Waals surface area contributed by atoms with Crippen LogP contribution in [0.15, 0.2) is 146 Å². The summed E-state index contributed by atoms with van der Waals surface area (Å²) in [6, 6.07) is 44.1. The first-order valence-corrected chi connectivity index (χ1v) is 13.6. The van der Waals surface area contributed by atoms with Crippen LogP contribution in [-0.2, 0) is 0 Å². The van der Waals surface area contributed by atoms with Gasteiger partial charge in [0.15, 0.2) is 0 Å². The summed E-state index contributed by atoms with van der Waals surface area (Å²) in [4.78, 5) is 8.42. The molecule has 0 radical (unpaired) electrons. The molecule has 6 aromatic carbocycles. The highest BCUT2D eigenvalue weighted by Gasteiger charge is 2.15. The zero-order valence-corrected chi connectivity index (χ0v) is 21.8. The van der Waals surface area contributed by atoms with Crippen LogP contribution in [0.3, 0.4) is 0 Å². The molecule has 0 atom stereocenters. The topological polar surface area (TPSA) is 25.8 Å². The van der Waals surface area contributed by atoms with Gasteiger partial charge in [0.05, 0.1) is 0 Å². The first-order valence-electron chi connectivity index (χ1n) is 13.6. The molecule has 40 heavy (non-hydrogen) atoms. The smallest absolute Gasteiger partial charge is 0.0346 e. The maximum atomic E-state index is 4.27. The van der Waals surface area contributed by atoms with E-state index in [1.165, 1.54) is 71.3 Å². The van der Waals surface area contributed by atoms with Crippen LogP contribution in [0.5, 0.6) is 0 Å². The van der Waals surface area contributed by atoms with Gasteiger partial charge in [0, 0.05) is 24.8 Å². The van der Waals surface area contributed by atoms with Gasteiger partial charge in [0.2, 0.25) is 0 Å². The molecule has 186 valence electrons. The average molecular weight is 509 g/mol. The summed E-state index contributed by atoms with van der Waals surface area (Å²) in [7, 11) is 0. The molecule has 0 aliphatic rings. The number of benzene rings is 6. The van der Waals surface area contributed by atoms with E-state index in [0.29, 0.717) is 0 Å². The highest BCUT2D eigenvalue weighted by atomic mass is 14.6. The zero-order valence-electron chi connectivity index (χ0n) is 21.8. The van der Waals surface area contributed by atoms with Crippen molar-refractivity contribution in [3.8, 4) is 44.5 Å². The Morgan fingerprint density at radius 1 is 0.325 bits per heavy atom. The lowest BCUT2D eigenvalue weighted by atomic mass is 9.87. The lowest BCUT2D eigenvalue weighted by molar-refractivity contribution is 1.33. The van der Waals surface area contributed by atoms with Crippen molar-refractivity contribution in [2.24, 2.45) is 0 Å². The first kappa shape index (κ1) is 22.6. The van der Waals surface area contributed by atoms with Crippen molar-refractivity contribution >= 4 is 32.3 Å². The molecular formula is C38H24N2. The molecule has 0 amide bonds. The van der Waals surface area contributed by atoms with Gasteiger partial charge in [-0.1, -0.05) is 103 Å². The Labute approximate surface area is 232 Å². The van der Waals surface area contributed by atoms with Crippen LogP contribution in [0.4, 0.5) is 0 Å². The maximum Gasteiger partial charge on any atom is 0.0346 e. The monoisotopic (exact) mass is 508 g/mol. The van der Waals surface area contributed by atoms with E-state index in [1.807, 2.05) is 30.9 Å². The molecule has 0 unspecified atom stereocenters. The Morgan fingerprint density at radius 2 is 0.800 bits per heavy atom. The Hall–Kier alpha value is -5.34. The van der Waals surface area contributed by atoms with Gasteiger partial charge in [-0.3, -0.25) is 9.97 Å². The van der Waals surface area contributed by atoms with E-state index in [0.717, 1.165) is 5.56 Å². The van der Waals surface area contributed by atoms with Gasteiger partial charge in [-0.2, -0.15) is 0 Å². The van der Waals surface area contributed by atoms with E-state index >= 15 is 0 Å². The molecule has 2 heterocycles. The van der Waals surface area contributed by atoms with E-state index < -0.39 is 0 Å². The van der Waals surface area contributed by atoms with Gasteiger partial charge < -0.3 is 0 Å². The third-order valence-corrected chi connectivity index (χ3v) is 8.06. The molecule has 0 saturated carbocycles. The fourth-order valence-corrected chi connectivity index (χ4v) is 6.07. The molecule has 0 fully saturated rings. The van der Waals surface area contributed by atoms with Gasteiger partial charge in [-0.05, 0) is 95.0 Å². The minimum atomic E-state index is 1.13. The summed E-state index contributed by atoms with van der Waals surface area (Å²) < 4.78 is 0. The van der Waals surface area contributed by atoms with E-state index in [4.69, 9.17) is 0 Å². The Morgan fingerprint density at radius 3 is 1.32 bits per heavy atom. The van der Waals surface area contributed by atoms with E-state index in [-0.39, 0.29) is 0 Å². The Kier molecular flexibility index (Phi) is 5.17. The molecule has 2 heteroatoms. The number of hydrogen-bond acceptors (Lipinski definition) is 2. The van der Waals surface area contributed by atoms with Crippen molar-refractivity contribution in [1.29, 1.82) is 0 Å². The molecule has 2 nitrogen and oxygen atoms in total. The molecule has 0 aliphatic carbocycles. The summed E-state index contributed by atoms with van der Waals surface area (Å²) in [6.45, 7) is 0. The van der Waals surface area contributed by atoms with Crippen molar-refractivity contribution in [3.05, 3.63) is 146 Å². The molecule has 0 saturated heterocycles. The number of aromatic nitrogens is 2. The summed E-state index contributed by atoms with van der Waals surface area (Å²) in [5, 5.41) is 7.79. The predicted octanol–water partition coefficient (Wildman–Crippen LogP) is 10.0. The summed E-state index contributed by atoms with van der Waals surface area (Å²) >= 11 is 0. The lowest BCUT2D eigenvalue weighted by Crippen LogP contribution is -1.90. The highest BCUT2D eigenvalue weighted by molar-refractivity contribution is 6.27. The van der Waals surface area contributed by atoms with Gasteiger partial charge in [-0.25, -0.2) is 0 Å². The van der Waals surface area contributed by atoms with Gasteiger partial charge in [0.25, 0.3) is 0 Å². The van der Waals surface area contributed by atoms with E-state index in [1.54, 1.807) is 0 Å². The third kappa shape index (κ3) is 3.65. The SMILES string of the molecule is c1cncc(-c2ccc(-c3ccc4ccc5ccc(-c6ccc(-c7ccncc7)cc6)c6ccc3c4c56)cc2)c1. The number of nitrogens with zero attached hydrogens (tertiary/aromatic N) is 2. The largest absolute Gasteiger partial charge is 0.265 e. The molecule has 2 aromatic heterocycles. The average Bonchev–Trinajstić information content (AvgIpc) is 3.04. The van der Waals surface area contributed by atoms with Crippen LogP contribution in [-0.4, -0.2) is 9.97 Å². The highest BCUT2D eigenvalue weighted by Crippen LogP contribution is 2.42. The van der Waals surface area contributed by atoms with Crippen LogP contribution in [0.2, 0.25) is 0 Å². The van der Waals surface area contributed by atoms with Gasteiger partial charge >= 0.3 is 0 Å². The second kappa shape index (κ2) is 9.14. The van der Waals surface area contributed by atoms with Crippen molar-refractivity contribution in [2.75, 3.05) is 0 Å². The van der Waals surface area contributed by atoms with Crippen molar-refractivity contribution in [2.45, 2.75) is 0 Å². The van der Waals surface area contributed by atoms with E-state index in [2.05, 4.69) is 125 Å². The van der Waals surface area contributed by atoms with Crippen molar-refractivity contribution in [3.63, 3.8) is 0 Å². The summed E-state index contributed by atoms with van der Waals surface area (Å²) in [6.07, 6.45) is 7.41. The molecule has 0 spiro atoms. The molecule has 0 aliphatic heterocycles. The first-order chi connectivity index (χ1) is 19.8. The van der Waals surface area contributed by atoms with Crippen LogP contribution < -0.4 is 0 Å². The van der Waals surface area contributed by atoms with E-state index in [9.17, 15) is 0 Å². The van der Waals surface area contributed by atoms with Crippen LogP contribution >= 0.6 is 0 Å². The predicted molar refractivity (Wildman–Crippen MR) is 167 cm³/mol.